The van der Waals surface area contributed by atoms with Crippen LogP contribution >= 0.6 is 0 Å². The molecule has 0 atom stereocenters. The van der Waals surface area contributed by atoms with Crippen molar-refractivity contribution < 1.29 is 9.84 Å². The fourth-order valence-electron chi connectivity index (χ4n) is 1.08. The predicted molar refractivity (Wildman–Crippen MR) is 51.8 cm³/mol. The number of aliphatic hydroxyl groups is 1. The summed E-state index contributed by atoms with van der Waals surface area (Å²) in [6.45, 7) is 1.05. The first-order valence-electron chi connectivity index (χ1n) is 4.39. The van der Waals surface area contributed by atoms with E-state index in [4.69, 9.17) is 15.6 Å². The Morgan fingerprint density at radius 1 is 1.23 bits per heavy atom. The standard InChI is InChI=1S/C10H15NO2/c11-6-5-9-1-3-10(4-2-9)13-8-7-12/h1-4,12H,5-8,11H2. The van der Waals surface area contributed by atoms with E-state index < -0.39 is 0 Å². The molecule has 0 saturated carbocycles. The Labute approximate surface area is 78.1 Å². The summed E-state index contributed by atoms with van der Waals surface area (Å²) in [7, 11) is 0. The molecule has 0 aliphatic heterocycles. The van der Waals surface area contributed by atoms with Crippen molar-refractivity contribution in [2.75, 3.05) is 19.8 Å². The summed E-state index contributed by atoms with van der Waals surface area (Å²) >= 11 is 0. The largest absolute Gasteiger partial charge is 0.491 e. The molecule has 0 radical (unpaired) electrons. The van der Waals surface area contributed by atoms with Gasteiger partial charge in [0, 0.05) is 0 Å². The fraction of sp³-hybridized carbons (Fsp3) is 0.400. The zero-order valence-electron chi connectivity index (χ0n) is 7.57. The maximum absolute atomic E-state index is 8.52. The van der Waals surface area contributed by atoms with E-state index in [0.29, 0.717) is 13.2 Å². The highest BCUT2D eigenvalue weighted by Crippen LogP contribution is 2.11. The Morgan fingerprint density at radius 3 is 2.46 bits per heavy atom. The first-order chi connectivity index (χ1) is 6.36. The minimum Gasteiger partial charge on any atom is -0.491 e. The zero-order chi connectivity index (χ0) is 9.52. The minimum absolute atomic E-state index is 0.0462. The molecule has 0 unspecified atom stereocenters. The SMILES string of the molecule is NCCc1ccc(OCCO)cc1. The second-order valence-electron chi connectivity index (χ2n) is 2.75. The van der Waals surface area contributed by atoms with Crippen molar-refractivity contribution in [3.8, 4) is 5.75 Å². The van der Waals surface area contributed by atoms with Crippen molar-refractivity contribution in [3.05, 3.63) is 29.8 Å². The van der Waals surface area contributed by atoms with Crippen molar-refractivity contribution >= 4 is 0 Å². The maximum Gasteiger partial charge on any atom is 0.119 e. The van der Waals surface area contributed by atoms with E-state index in [-0.39, 0.29) is 6.61 Å². The Hall–Kier alpha value is -1.06. The fourth-order valence-corrected chi connectivity index (χ4v) is 1.08. The third-order valence-corrected chi connectivity index (χ3v) is 1.72. The van der Waals surface area contributed by atoms with E-state index in [1.165, 1.54) is 5.56 Å². The van der Waals surface area contributed by atoms with E-state index >= 15 is 0 Å². The van der Waals surface area contributed by atoms with Gasteiger partial charge in [0.05, 0.1) is 6.61 Å². The highest BCUT2D eigenvalue weighted by atomic mass is 16.5. The van der Waals surface area contributed by atoms with Gasteiger partial charge in [-0.2, -0.15) is 0 Å². The lowest BCUT2D eigenvalue weighted by Crippen LogP contribution is -2.03. The molecule has 0 aromatic heterocycles. The lowest BCUT2D eigenvalue weighted by Gasteiger charge is -2.04. The summed E-state index contributed by atoms with van der Waals surface area (Å²) in [5, 5.41) is 8.52. The van der Waals surface area contributed by atoms with Crippen LogP contribution in [0.3, 0.4) is 0 Å². The lowest BCUT2D eigenvalue weighted by atomic mass is 10.1. The van der Waals surface area contributed by atoms with E-state index in [1.54, 1.807) is 0 Å². The van der Waals surface area contributed by atoms with E-state index in [2.05, 4.69) is 0 Å². The van der Waals surface area contributed by atoms with Crippen LogP contribution in [0, 0.1) is 0 Å². The van der Waals surface area contributed by atoms with Crippen molar-refractivity contribution in [1.82, 2.24) is 0 Å². The van der Waals surface area contributed by atoms with Crippen LogP contribution in [-0.2, 0) is 6.42 Å². The number of benzene rings is 1. The molecule has 0 amide bonds. The maximum atomic E-state index is 8.52. The number of nitrogens with two attached hydrogens (primary N) is 1. The van der Waals surface area contributed by atoms with Gasteiger partial charge in [0.1, 0.15) is 12.4 Å². The smallest absolute Gasteiger partial charge is 0.119 e. The molecule has 0 aliphatic carbocycles. The van der Waals surface area contributed by atoms with Crippen molar-refractivity contribution in [2.45, 2.75) is 6.42 Å². The zero-order valence-corrected chi connectivity index (χ0v) is 7.57. The number of hydrogen-bond acceptors (Lipinski definition) is 3. The average molecular weight is 181 g/mol. The first kappa shape index (κ1) is 10.0. The quantitative estimate of drug-likeness (QED) is 0.697. The molecule has 0 heterocycles. The summed E-state index contributed by atoms with van der Waals surface area (Å²) in [5.74, 6) is 0.787. The summed E-state index contributed by atoms with van der Waals surface area (Å²) in [5.41, 5.74) is 6.62. The monoisotopic (exact) mass is 181 g/mol. The number of hydrogen-bond donors (Lipinski definition) is 2. The molecule has 0 aliphatic rings. The Balaban J connectivity index is 2.48. The van der Waals surface area contributed by atoms with E-state index in [1.807, 2.05) is 24.3 Å². The van der Waals surface area contributed by atoms with Crippen molar-refractivity contribution in [2.24, 2.45) is 5.73 Å². The molecular formula is C10H15NO2. The van der Waals surface area contributed by atoms with Crippen LogP contribution in [0.15, 0.2) is 24.3 Å². The average Bonchev–Trinajstić information content (AvgIpc) is 2.17. The summed E-state index contributed by atoms with van der Waals surface area (Å²) < 4.78 is 5.21. The number of ether oxygens (including phenoxy) is 1. The highest BCUT2D eigenvalue weighted by molar-refractivity contribution is 5.27. The Bertz CT molecular complexity index is 233. The molecule has 3 heteroatoms. The molecule has 0 fully saturated rings. The van der Waals surface area contributed by atoms with Crippen molar-refractivity contribution in [1.29, 1.82) is 0 Å². The molecule has 1 aromatic rings. The van der Waals surface area contributed by atoms with Crippen LogP contribution in [0.4, 0.5) is 0 Å². The van der Waals surface area contributed by atoms with Gasteiger partial charge in [-0.3, -0.25) is 0 Å². The topological polar surface area (TPSA) is 55.5 Å². The van der Waals surface area contributed by atoms with Gasteiger partial charge in [-0.05, 0) is 30.7 Å². The summed E-state index contributed by atoms with van der Waals surface area (Å²) in [6.07, 6.45) is 0.889. The second-order valence-corrected chi connectivity index (χ2v) is 2.75. The van der Waals surface area contributed by atoms with Gasteiger partial charge in [0.15, 0.2) is 0 Å². The Kier molecular flexibility index (Phi) is 4.29. The van der Waals surface area contributed by atoms with Crippen LogP contribution in [0.1, 0.15) is 5.56 Å². The van der Waals surface area contributed by atoms with Crippen LogP contribution in [0.25, 0.3) is 0 Å². The van der Waals surface area contributed by atoms with Gasteiger partial charge in [-0.15, -0.1) is 0 Å². The van der Waals surface area contributed by atoms with Crippen molar-refractivity contribution in [3.63, 3.8) is 0 Å². The van der Waals surface area contributed by atoms with Crippen LogP contribution in [0.2, 0.25) is 0 Å². The molecule has 1 aromatic carbocycles. The molecular weight excluding hydrogens is 166 g/mol. The van der Waals surface area contributed by atoms with Crippen LogP contribution in [0.5, 0.6) is 5.75 Å². The molecule has 0 bridgehead atoms. The first-order valence-corrected chi connectivity index (χ1v) is 4.39. The normalized spacial score (nSPS) is 10.0. The van der Waals surface area contributed by atoms with Gasteiger partial charge in [0.25, 0.3) is 0 Å². The minimum atomic E-state index is 0.0462. The van der Waals surface area contributed by atoms with Gasteiger partial charge < -0.3 is 15.6 Å². The molecule has 1 rings (SSSR count). The number of aliphatic hydroxyl groups excluding tert-OH is 1. The molecule has 0 spiro atoms. The molecule has 0 saturated heterocycles. The predicted octanol–water partition coefficient (Wildman–Crippen LogP) is 0.559. The third kappa shape index (κ3) is 3.44. The van der Waals surface area contributed by atoms with Gasteiger partial charge in [-0.1, -0.05) is 12.1 Å². The molecule has 3 nitrogen and oxygen atoms in total. The summed E-state index contributed by atoms with van der Waals surface area (Å²) in [4.78, 5) is 0. The molecule has 3 N–H and O–H groups in total. The second kappa shape index (κ2) is 5.56. The van der Waals surface area contributed by atoms with Gasteiger partial charge in [-0.25, -0.2) is 0 Å². The molecule has 13 heavy (non-hydrogen) atoms. The van der Waals surface area contributed by atoms with Crippen LogP contribution < -0.4 is 10.5 Å². The summed E-state index contributed by atoms with van der Waals surface area (Å²) in [6, 6.07) is 7.75. The highest BCUT2D eigenvalue weighted by Gasteiger charge is 1.93. The van der Waals surface area contributed by atoms with Gasteiger partial charge in [0.2, 0.25) is 0 Å². The van der Waals surface area contributed by atoms with Crippen LogP contribution in [-0.4, -0.2) is 24.9 Å². The third-order valence-electron chi connectivity index (χ3n) is 1.72. The van der Waals surface area contributed by atoms with E-state index in [9.17, 15) is 0 Å². The molecule has 72 valence electrons. The van der Waals surface area contributed by atoms with Gasteiger partial charge >= 0.3 is 0 Å². The van der Waals surface area contributed by atoms with E-state index in [0.717, 1.165) is 12.2 Å². The Morgan fingerprint density at radius 2 is 1.92 bits per heavy atom. The lowest BCUT2D eigenvalue weighted by molar-refractivity contribution is 0.201. The number of rotatable bonds is 5.